The van der Waals surface area contributed by atoms with E-state index in [4.69, 9.17) is 4.74 Å². The highest BCUT2D eigenvalue weighted by atomic mass is 16.5. The van der Waals surface area contributed by atoms with Gasteiger partial charge in [-0.1, -0.05) is 25.7 Å². The highest BCUT2D eigenvalue weighted by Crippen LogP contribution is 2.26. The number of amides is 1. The minimum absolute atomic E-state index is 0.0294. The van der Waals surface area contributed by atoms with Crippen LogP contribution in [0.2, 0.25) is 0 Å². The van der Waals surface area contributed by atoms with Gasteiger partial charge in [0.15, 0.2) is 0 Å². The smallest absolute Gasteiger partial charge is 0.227 e. The number of hydrogen-bond acceptors (Lipinski definition) is 3. The van der Waals surface area contributed by atoms with Crippen molar-refractivity contribution in [3.8, 4) is 0 Å². The van der Waals surface area contributed by atoms with Gasteiger partial charge in [-0.25, -0.2) is 0 Å². The molecule has 4 nitrogen and oxygen atoms in total. The number of carbonyl (C=O) groups excluding carboxylic acids is 1. The van der Waals surface area contributed by atoms with Crippen molar-refractivity contribution in [3.63, 3.8) is 0 Å². The van der Waals surface area contributed by atoms with E-state index in [0.717, 1.165) is 0 Å². The predicted molar refractivity (Wildman–Crippen MR) is 76.0 cm³/mol. The van der Waals surface area contributed by atoms with Crippen LogP contribution in [0.3, 0.4) is 0 Å². The van der Waals surface area contributed by atoms with Crippen molar-refractivity contribution in [3.05, 3.63) is 0 Å². The quantitative estimate of drug-likeness (QED) is 0.763. The van der Waals surface area contributed by atoms with Crippen LogP contribution in [0.4, 0.5) is 0 Å². The summed E-state index contributed by atoms with van der Waals surface area (Å²) in [7, 11) is 1.90. The van der Waals surface area contributed by atoms with Crippen LogP contribution in [-0.4, -0.2) is 38.3 Å². The van der Waals surface area contributed by atoms with E-state index in [1.54, 1.807) is 0 Å². The number of hydrogen-bond donors (Lipinski definition) is 2. The van der Waals surface area contributed by atoms with Gasteiger partial charge in [0.05, 0.1) is 19.1 Å². The molecule has 2 rings (SSSR count). The summed E-state index contributed by atoms with van der Waals surface area (Å²) in [6, 6.07) is 0.463. The molecule has 1 saturated carbocycles. The van der Waals surface area contributed by atoms with Gasteiger partial charge >= 0.3 is 0 Å². The Balaban J connectivity index is 1.83. The average molecular weight is 268 g/mol. The second-order valence-corrected chi connectivity index (χ2v) is 6.09. The van der Waals surface area contributed by atoms with Crippen LogP contribution in [0, 0.1) is 11.8 Å². The van der Waals surface area contributed by atoms with E-state index in [-0.39, 0.29) is 17.9 Å². The van der Waals surface area contributed by atoms with E-state index in [0.29, 0.717) is 25.2 Å². The molecule has 19 heavy (non-hydrogen) atoms. The molecule has 2 N–H and O–H groups in total. The summed E-state index contributed by atoms with van der Waals surface area (Å²) in [5.41, 5.74) is 0. The molecule has 2 aliphatic rings. The third kappa shape index (κ3) is 3.93. The highest BCUT2D eigenvalue weighted by Gasteiger charge is 2.34. The molecular formula is C15H28N2O2. The van der Waals surface area contributed by atoms with Crippen molar-refractivity contribution < 1.29 is 9.53 Å². The molecule has 0 aromatic carbocycles. The summed E-state index contributed by atoms with van der Waals surface area (Å²) in [5, 5.41) is 6.40. The molecule has 0 radical (unpaired) electrons. The van der Waals surface area contributed by atoms with Crippen molar-refractivity contribution in [2.75, 3.05) is 20.3 Å². The lowest BCUT2D eigenvalue weighted by molar-refractivity contribution is -0.126. The lowest BCUT2D eigenvalue weighted by Gasteiger charge is -2.26. The largest absolute Gasteiger partial charge is 0.379 e. The van der Waals surface area contributed by atoms with Gasteiger partial charge in [0.25, 0.3) is 0 Å². The van der Waals surface area contributed by atoms with Crippen LogP contribution in [-0.2, 0) is 9.53 Å². The average Bonchev–Trinajstić information content (AvgIpc) is 2.72. The number of likely N-dealkylation sites (N-methyl/N-ethyl adjacent to an activating group) is 1. The van der Waals surface area contributed by atoms with Crippen molar-refractivity contribution in [2.24, 2.45) is 11.8 Å². The number of carbonyl (C=O) groups is 1. The van der Waals surface area contributed by atoms with E-state index in [1.165, 1.54) is 38.5 Å². The molecule has 1 amide bonds. The van der Waals surface area contributed by atoms with Crippen LogP contribution in [0.5, 0.6) is 0 Å². The van der Waals surface area contributed by atoms with Crippen molar-refractivity contribution in [1.82, 2.24) is 10.6 Å². The molecule has 1 aliphatic heterocycles. The molecule has 0 aromatic rings. The first-order chi connectivity index (χ1) is 9.22. The fourth-order valence-electron chi connectivity index (χ4n) is 3.36. The zero-order valence-corrected chi connectivity index (χ0v) is 12.3. The molecule has 0 bridgehead atoms. The van der Waals surface area contributed by atoms with Crippen molar-refractivity contribution >= 4 is 5.91 Å². The summed E-state index contributed by atoms with van der Waals surface area (Å²) in [5.74, 6) is 0.786. The second-order valence-electron chi connectivity index (χ2n) is 6.09. The SMILES string of the molecule is CNC1COCC1C(=O)N[C@H](C)C1CCCCCC1. The van der Waals surface area contributed by atoms with Gasteiger partial charge < -0.3 is 15.4 Å². The third-order valence-corrected chi connectivity index (χ3v) is 4.76. The lowest BCUT2D eigenvalue weighted by atomic mass is 9.92. The van der Waals surface area contributed by atoms with E-state index >= 15 is 0 Å². The molecule has 0 aromatic heterocycles. The number of ether oxygens (including phenoxy) is 1. The van der Waals surface area contributed by atoms with Gasteiger partial charge in [-0.2, -0.15) is 0 Å². The maximum absolute atomic E-state index is 12.3. The Kier molecular flexibility index (Phi) is 5.64. The molecular weight excluding hydrogens is 240 g/mol. The Morgan fingerprint density at radius 3 is 2.47 bits per heavy atom. The standard InChI is InChI=1S/C15H28N2O2/c1-11(12-7-5-3-4-6-8-12)17-15(18)13-9-19-10-14(13)16-2/h11-14,16H,3-10H2,1-2H3,(H,17,18)/t11-,13?,14?/m1/s1. The van der Waals surface area contributed by atoms with Gasteiger partial charge in [-0.3, -0.25) is 4.79 Å². The minimum atomic E-state index is -0.0294. The first-order valence-electron chi connectivity index (χ1n) is 7.77. The monoisotopic (exact) mass is 268 g/mol. The first-order valence-corrected chi connectivity index (χ1v) is 7.77. The fourth-order valence-corrected chi connectivity index (χ4v) is 3.36. The molecule has 2 unspecified atom stereocenters. The zero-order valence-electron chi connectivity index (χ0n) is 12.3. The number of nitrogens with one attached hydrogen (secondary N) is 2. The predicted octanol–water partition coefficient (Wildman–Crippen LogP) is 1.70. The van der Waals surface area contributed by atoms with Crippen LogP contribution in [0.1, 0.15) is 45.4 Å². The van der Waals surface area contributed by atoms with Crippen LogP contribution in [0.15, 0.2) is 0 Å². The van der Waals surface area contributed by atoms with Gasteiger partial charge in [0.1, 0.15) is 0 Å². The fraction of sp³-hybridized carbons (Fsp3) is 0.933. The normalized spacial score (nSPS) is 30.8. The van der Waals surface area contributed by atoms with Crippen LogP contribution in [0.25, 0.3) is 0 Å². The third-order valence-electron chi connectivity index (χ3n) is 4.76. The van der Waals surface area contributed by atoms with Crippen LogP contribution < -0.4 is 10.6 Å². The Hall–Kier alpha value is -0.610. The molecule has 2 fully saturated rings. The topological polar surface area (TPSA) is 50.4 Å². The van der Waals surface area contributed by atoms with E-state index in [9.17, 15) is 4.79 Å². The van der Waals surface area contributed by atoms with E-state index in [2.05, 4.69) is 17.6 Å². The Bertz CT molecular complexity index is 288. The van der Waals surface area contributed by atoms with E-state index in [1.807, 2.05) is 7.05 Å². The molecule has 1 heterocycles. The summed E-state index contributed by atoms with van der Waals surface area (Å²) in [4.78, 5) is 12.3. The Morgan fingerprint density at radius 1 is 1.16 bits per heavy atom. The molecule has 0 spiro atoms. The Labute approximate surface area is 116 Å². The maximum Gasteiger partial charge on any atom is 0.227 e. The first kappa shape index (κ1) is 14.8. The molecule has 4 heteroatoms. The minimum Gasteiger partial charge on any atom is -0.379 e. The van der Waals surface area contributed by atoms with Gasteiger partial charge in [0, 0.05) is 12.1 Å². The van der Waals surface area contributed by atoms with Gasteiger partial charge in [-0.05, 0) is 32.7 Å². The molecule has 1 saturated heterocycles. The summed E-state index contributed by atoms with van der Waals surface area (Å²) in [6.45, 7) is 3.36. The van der Waals surface area contributed by atoms with Crippen molar-refractivity contribution in [1.29, 1.82) is 0 Å². The van der Waals surface area contributed by atoms with Crippen molar-refractivity contribution in [2.45, 2.75) is 57.5 Å². The molecule has 110 valence electrons. The van der Waals surface area contributed by atoms with Gasteiger partial charge in [-0.15, -0.1) is 0 Å². The maximum atomic E-state index is 12.3. The second kappa shape index (κ2) is 7.25. The summed E-state index contributed by atoms with van der Waals surface area (Å²) < 4.78 is 5.41. The van der Waals surface area contributed by atoms with E-state index < -0.39 is 0 Å². The van der Waals surface area contributed by atoms with Crippen LogP contribution >= 0.6 is 0 Å². The lowest BCUT2D eigenvalue weighted by Crippen LogP contribution is -2.47. The highest BCUT2D eigenvalue weighted by molar-refractivity contribution is 5.80. The molecule has 3 atom stereocenters. The molecule has 1 aliphatic carbocycles. The number of rotatable bonds is 4. The Morgan fingerprint density at radius 2 is 1.84 bits per heavy atom. The zero-order chi connectivity index (χ0) is 13.7. The summed E-state index contributed by atoms with van der Waals surface area (Å²) in [6.07, 6.45) is 7.87. The van der Waals surface area contributed by atoms with Gasteiger partial charge in [0.2, 0.25) is 5.91 Å². The summed E-state index contributed by atoms with van der Waals surface area (Å²) >= 11 is 0.